The van der Waals surface area contributed by atoms with Crippen molar-refractivity contribution < 1.29 is 9.30 Å². The van der Waals surface area contributed by atoms with Gasteiger partial charge in [0.05, 0.1) is 12.8 Å². The lowest BCUT2D eigenvalue weighted by Crippen LogP contribution is -2.07. The Bertz CT molecular complexity index is 463. The van der Waals surface area contributed by atoms with Crippen molar-refractivity contribution in [3.63, 3.8) is 0 Å². The fourth-order valence-corrected chi connectivity index (χ4v) is 2.44. The molecule has 1 N–H and O–H groups in total. The number of allylic oxidation sites excluding steroid dienone is 1. The summed E-state index contributed by atoms with van der Waals surface area (Å²) in [6, 6.07) is 5.68. The number of rotatable bonds is 6. The average molecular weight is 267 g/mol. The normalized spacial score (nSPS) is 11.8. The molecule has 1 rings (SSSR count). The Morgan fingerprint density at radius 3 is 2.61 bits per heavy atom. The van der Waals surface area contributed by atoms with Gasteiger partial charge in [0.25, 0.3) is 0 Å². The summed E-state index contributed by atoms with van der Waals surface area (Å²) < 4.78 is 17.3. The van der Waals surface area contributed by atoms with E-state index < -0.39 is 7.14 Å². The summed E-state index contributed by atoms with van der Waals surface area (Å²) in [5.74, 6) is 0.737. The molecule has 3 nitrogen and oxygen atoms in total. The summed E-state index contributed by atoms with van der Waals surface area (Å²) in [5, 5.41) is 4.12. The third-order valence-electron chi connectivity index (χ3n) is 2.62. The fraction of sp³-hybridized carbons (Fsp3) is 0.429. The molecule has 1 aromatic carbocycles. The van der Waals surface area contributed by atoms with Gasteiger partial charge in [0, 0.05) is 11.8 Å². The van der Waals surface area contributed by atoms with E-state index in [0.717, 1.165) is 29.7 Å². The zero-order valence-corrected chi connectivity index (χ0v) is 12.5. The molecule has 0 atom stereocenters. The van der Waals surface area contributed by atoms with Crippen LogP contribution in [0, 0.1) is 0 Å². The third kappa shape index (κ3) is 4.23. The van der Waals surface area contributed by atoms with Crippen LogP contribution in [0.2, 0.25) is 0 Å². The van der Waals surface area contributed by atoms with Gasteiger partial charge in [0.15, 0.2) is 0 Å². The van der Waals surface area contributed by atoms with E-state index in [9.17, 15) is 4.57 Å². The van der Waals surface area contributed by atoms with Crippen molar-refractivity contribution in [1.82, 2.24) is 0 Å². The van der Waals surface area contributed by atoms with Crippen molar-refractivity contribution in [3.8, 4) is 5.75 Å². The number of methoxy groups -OCH3 is 1. The van der Waals surface area contributed by atoms with Gasteiger partial charge in [-0.3, -0.25) is 0 Å². The van der Waals surface area contributed by atoms with Crippen LogP contribution >= 0.6 is 7.14 Å². The zero-order valence-electron chi connectivity index (χ0n) is 11.6. The molecule has 4 heteroatoms. The lowest BCUT2D eigenvalue weighted by Gasteiger charge is -2.13. The number of hydrogen-bond donors (Lipinski definition) is 1. The number of hydrogen-bond acceptors (Lipinski definition) is 3. The van der Waals surface area contributed by atoms with Gasteiger partial charge in [-0.15, -0.1) is 0 Å². The second-order valence-corrected chi connectivity index (χ2v) is 7.71. The van der Waals surface area contributed by atoms with Crippen molar-refractivity contribution in [1.29, 1.82) is 0 Å². The summed E-state index contributed by atoms with van der Waals surface area (Å²) in [6.07, 6.45) is 5.23. The smallest absolute Gasteiger partial charge is 0.142 e. The summed E-state index contributed by atoms with van der Waals surface area (Å²) in [7, 11) is -0.609. The molecule has 0 amide bonds. The van der Waals surface area contributed by atoms with E-state index in [1.807, 2.05) is 18.2 Å². The predicted molar refractivity (Wildman–Crippen MR) is 80.0 cm³/mol. The van der Waals surface area contributed by atoms with Gasteiger partial charge in [0.2, 0.25) is 0 Å². The van der Waals surface area contributed by atoms with E-state index in [1.165, 1.54) is 0 Å². The van der Waals surface area contributed by atoms with Crippen LogP contribution < -0.4 is 15.4 Å². The maximum absolute atomic E-state index is 12.0. The lowest BCUT2D eigenvalue weighted by molar-refractivity contribution is 0.417. The quantitative estimate of drug-likeness (QED) is 0.634. The van der Waals surface area contributed by atoms with Crippen LogP contribution in [0.4, 0.5) is 5.69 Å². The first-order valence-electron chi connectivity index (χ1n) is 6.11. The van der Waals surface area contributed by atoms with Crippen LogP contribution in [0.15, 0.2) is 30.4 Å². The molecular weight excluding hydrogens is 245 g/mol. The van der Waals surface area contributed by atoms with Crippen LogP contribution in [-0.4, -0.2) is 27.0 Å². The minimum absolute atomic E-state index is 0.737. The Morgan fingerprint density at radius 1 is 1.33 bits per heavy atom. The Balaban J connectivity index is 2.87. The van der Waals surface area contributed by atoms with Gasteiger partial charge in [-0.2, -0.15) is 0 Å². The van der Waals surface area contributed by atoms with Crippen LogP contribution in [-0.2, 0) is 4.57 Å². The van der Waals surface area contributed by atoms with Crippen LogP contribution in [0.1, 0.15) is 13.3 Å². The van der Waals surface area contributed by atoms with Crippen molar-refractivity contribution >= 4 is 18.1 Å². The minimum Gasteiger partial charge on any atom is -0.495 e. The molecule has 100 valence electrons. The van der Waals surface area contributed by atoms with Gasteiger partial charge >= 0.3 is 0 Å². The number of ether oxygens (including phenoxy) is 1. The first-order valence-corrected chi connectivity index (χ1v) is 8.71. The SMILES string of the molecule is CC/C=C/CNc1ccc(P(C)(C)=O)cc1OC. The van der Waals surface area contributed by atoms with Gasteiger partial charge in [-0.05, 0) is 37.9 Å². The Morgan fingerprint density at radius 2 is 2.06 bits per heavy atom. The van der Waals surface area contributed by atoms with Gasteiger partial charge < -0.3 is 14.6 Å². The van der Waals surface area contributed by atoms with Crippen molar-refractivity contribution in [3.05, 3.63) is 30.4 Å². The topological polar surface area (TPSA) is 38.3 Å². The van der Waals surface area contributed by atoms with Crippen molar-refractivity contribution in [2.24, 2.45) is 0 Å². The first-order chi connectivity index (χ1) is 8.49. The monoisotopic (exact) mass is 267 g/mol. The molecule has 0 aliphatic heterocycles. The Kier molecular flexibility index (Phi) is 5.49. The molecular formula is C14H22NO2P. The van der Waals surface area contributed by atoms with E-state index in [2.05, 4.69) is 24.4 Å². The van der Waals surface area contributed by atoms with Crippen molar-refractivity contribution in [2.75, 3.05) is 32.3 Å². The molecule has 0 aliphatic carbocycles. The summed E-state index contributed by atoms with van der Waals surface area (Å²) >= 11 is 0. The minimum atomic E-state index is -2.24. The van der Waals surface area contributed by atoms with Crippen LogP contribution in [0.25, 0.3) is 0 Å². The lowest BCUT2D eigenvalue weighted by atomic mass is 10.3. The molecule has 18 heavy (non-hydrogen) atoms. The molecule has 0 unspecified atom stereocenters. The molecule has 0 fully saturated rings. The fourth-order valence-electron chi connectivity index (χ4n) is 1.58. The molecule has 0 aliphatic rings. The second-order valence-electron chi connectivity index (χ2n) is 4.50. The zero-order chi connectivity index (χ0) is 13.6. The number of benzene rings is 1. The van der Waals surface area contributed by atoms with Gasteiger partial charge in [-0.1, -0.05) is 19.1 Å². The molecule has 0 saturated heterocycles. The Labute approximate surface area is 110 Å². The highest BCUT2D eigenvalue weighted by molar-refractivity contribution is 7.70. The molecule has 0 aromatic heterocycles. The third-order valence-corrected chi connectivity index (χ3v) is 4.14. The summed E-state index contributed by atoms with van der Waals surface area (Å²) in [6.45, 7) is 6.39. The number of anilines is 1. The van der Waals surface area contributed by atoms with Crippen molar-refractivity contribution in [2.45, 2.75) is 13.3 Å². The average Bonchev–Trinajstić information content (AvgIpc) is 2.33. The largest absolute Gasteiger partial charge is 0.495 e. The van der Waals surface area contributed by atoms with E-state index in [4.69, 9.17) is 4.74 Å². The van der Waals surface area contributed by atoms with Gasteiger partial charge in [-0.25, -0.2) is 0 Å². The second kappa shape index (κ2) is 6.65. The first kappa shape index (κ1) is 14.8. The summed E-state index contributed by atoms with van der Waals surface area (Å²) in [4.78, 5) is 0. The maximum Gasteiger partial charge on any atom is 0.142 e. The molecule has 0 bridgehead atoms. The summed E-state index contributed by atoms with van der Waals surface area (Å²) in [5.41, 5.74) is 0.926. The molecule has 0 heterocycles. The van der Waals surface area contributed by atoms with E-state index in [1.54, 1.807) is 20.4 Å². The van der Waals surface area contributed by atoms with Gasteiger partial charge in [0.1, 0.15) is 12.9 Å². The number of nitrogens with one attached hydrogen (secondary N) is 1. The highest BCUT2D eigenvalue weighted by atomic mass is 31.2. The highest BCUT2D eigenvalue weighted by Crippen LogP contribution is 2.37. The predicted octanol–water partition coefficient (Wildman–Crippen LogP) is 3.32. The van der Waals surface area contributed by atoms with E-state index >= 15 is 0 Å². The standard InChI is InChI=1S/C14H22NO2P/c1-5-6-7-10-15-13-9-8-12(18(3,4)16)11-14(13)17-2/h6-9,11,15H,5,10H2,1-4H3/b7-6+. The maximum atomic E-state index is 12.0. The Hall–Kier alpha value is -1.21. The van der Waals surface area contributed by atoms with Crippen LogP contribution in [0.5, 0.6) is 5.75 Å². The highest BCUT2D eigenvalue weighted by Gasteiger charge is 2.13. The van der Waals surface area contributed by atoms with E-state index in [0.29, 0.717) is 0 Å². The molecule has 0 radical (unpaired) electrons. The molecule has 0 spiro atoms. The molecule has 1 aromatic rings. The molecule has 0 saturated carbocycles. The van der Waals surface area contributed by atoms with Crippen LogP contribution in [0.3, 0.4) is 0 Å². The van der Waals surface area contributed by atoms with E-state index in [-0.39, 0.29) is 0 Å².